The fraction of sp³-hybridized carbons (Fsp3) is 0. The Kier molecular flexibility index (Phi) is 4.75. The van der Waals surface area contributed by atoms with Crippen molar-refractivity contribution in [2.24, 2.45) is 0 Å². The van der Waals surface area contributed by atoms with Crippen molar-refractivity contribution in [2.45, 2.75) is 0 Å². The molecule has 10 aromatic rings. The van der Waals surface area contributed by atoms with E-state index in [1.165, 1.54) is 54.6 Å². The standard InChI is InChI=1S/C42H24O2/c1-2-10-26-23-27(18-17-25(26)9-1)39-29-11-3-5-13-31(29)40(32-14-6-4-12-30(32)39)28-19-20-36-34(24-28)42-38(44-36)22-21-37-41(42)33-15-7-8-16-35(33)43-37/h1-24H. The van der Waals surface area contributed by atoms with E-state index >= 15 is 0 Å². The Morgan fingerprint density at radius 1 is 0.295 bits per heavy atom. The minimum atomic E-state index is 0.873. The predicted molar refractivity (Wildman–Crippen MR) is 184 cm³/mol. The van der Waals surface area contributed by atoms with Gasteiger partial charge in [-0.3, -0.25) is 0 Å². The van der Waals surface area contributed by atoms with Crippen LogP contribution in [0, 0.1) is 0 Å². The van der Waals surface area contributed by atoms with Gasteiger partial charge in [-0.2, -0.15) is 0 Å². The van der Waals surface area contributed by atoms with Crippen LogP contribution in [0.25, 0.3) is 98.4 Å². The highest BCUT2D eigenvalue weighted by atomic mass is 16.3. The third-order valence-corrected chi connectivity index (χ3v) is 9.23. The summed E-state index contributed by atoms with van der Waals surface area (Å²) >= 11 is 0. The lowest BCUT2D eigenvalue weighted by molar-refractivity contribution is 0.663. The molecule has 0 amide bonds. The van der Waals surface area contributed by atoms with Gasteiger partial charge in [-0.25, -0.2) is 0 Å². The first-order valence-corrected chi connectivity index (χ1v) is 15.0. The molecule has 0 bridgehead atoms. The Bertz CT molecular complexity index is 2720. The van der Waals surface area contributed by atoms with E-state index in [-0.39, 0.29) is 0 Å². The lowest BCUT2D eigenvalue weighted by atomic mass is 9.85. The summed E-state index contributed by atoms with van der Waals surface area (Å²) in [5, 5.41) is 11.9. The topological polar surface area (TPSA) is 26.3 Å². The molecule has 0 saturated carbocycles. The van der Waals surface area contributed by atoms with Gasteiger partial charge in [0, 0.05) is 21.5 Å². The minimum absolute atomic E-state index is 0.873. The highest BCUT2D eigenvalue weighted by molar-refractivity contribution is 6.27. The largest absolute Gasteiger partial charge is 0.456 e. The van der Waals surface area contributed by atoms with Crippen LogP contribution >= 0.6 is 0 Å². The van der Waals surface area contributed by atoms with Gasteiger partial charge in [-0.05, 0) is 91.0 Å². The molecule has 0 fully saturated rings. The molecule has 8 aromatic carbocycles. The highest BCUT2D eigenvalue weighted by Crippen LogP contribution is 2.46. The lowest BCUT2D eigenvalue weighted by Crippen LogP contribution is -1.91. The molecule has 0 spiro atoms. The molecule has 0 atom stereocenters. The van der Waals surface area contributed by atoms with E-state index in [4.69, 9.17) is 8.83 Å². The van der Waals surface area contributed by atoms with Crippen LogP contribution in [0.5, 0.6) is 0 Å². The molecule has 0 aliphatic carbocycles. The van der Waals surface area contributed by atoms with E-state index < -0.39 is 0 Å². The number of para-hydroxylation sites is 1. The second-order valence-electron chi connectivity index (χ2n) is 11.6. The van der Waals surface area contributed by atoms with Crippen LogP contribution in [0.15, 0.2) is 154 Å². The maximum absolute atomic E-state index is 6.42. The van der Waals surface area contributed by atoms with Crippen molar-refractivity contribution in [1.29, 1.82) is 0 Å². The summed E-state index contributed by atoms with van der Waals surface area (Å²) < 4.78 is 12.7. The smallest absolute Gasteiger partial charge is 0.136 e. The molecule has 2 aromatic heterocycles. The molecule has 2 heterocycles. The van der Waals surface area contributed by atoms with E-state index in [0.29, 0.717) is 0 Å². The Labute approximate surface area is 252 Å². The Morgan fingerprint density at radius 2 is 0.750 bits per heavy atom. The summed E-state index contributed by atoms with van der Waals surface area (Å²) in [6.45, 7) is 0. The number of hydrogen-bond acceptors (Lipinski definition) is 2. The quantitative estimate of drug-likeness (QED) is 0.197. The summed E-state index contributed by atoms with van der Waals surface area (Å²) in [6.07, 6.45) is 0. The fourth-order valence-corrected chi connectivity index (χ4v) is 7.33. The van der Waals surface area contributed by atoms with Gasteiger partial charge in [-0.1, -0.05) is 109 Å². The lowest BCUT2D eigenvalue weighted by Gasteiger charge is -2.18. The highest BCUT2D eigenvalue weighted by Gasteiger charge is 2.20. The van der Waals surface area contributed by atoms with Gasteiger partial charge in [0.2, 0.25) is 0 Å². The van der Waals surface area contributed by atoms with Crippen LogP contribution in [-0.4, -0.2) is 0 Å². The zero-order chi connectivity index (χ0) is 28.8. The summed E-state index contributed by atoms with van der Waals surface area (Å²) in [5.74, 6) is 0. The summed E-state index contributed by atoms with van der Waals surface area (Å²) in [4.78, 5) is 0. The van der Waals surface area contributed by atoms with Crippen molar-refractivity contribution in [2.75, 3.05) is 0 Å². The number of furan rings is 2. The third-order valence-electron chi connectivity index (χ3n) is 9.23. The predicted octanol–water partition coefficient (Wildman–Crippen LogP) is 12.3. The minimum Gasteiger partial charge on any atom is -0.456 e. The van der Waals surface area contributed by atoms with Crippen molar-refractivity contribution >= 4 is 76.2 Å². The maximum Gasteiger partial charge on any atom is 0.136 e. The van der Waals surface area contributed by atoms with E-state index in [0.717, 1.165) is 43.9 Å². The Balaban J connectivity index is 1.31. The molecular formula is C42H24O2. The van der Waals surface area contributed by atoms with Crippen LogP contribution in [-0.2, 0) is 0 Å². The maximum atomic E-state index is 6.42. The Hall–Kier alpha value is -5.86. The van der Waals surface area contributed by atoms with Crippen LogP contribution in [0.2, 0.25) is 0 Å². The molecule has 44 heavy (non-hydrogen) atoms. The first kappa shape index (κ1) is 23.7. The van der Waals surface area contributed by atoms with Crippen molar-refractivity contribution in [3.8, 4) is 22.3 Å². The van der Waals surface area contributed by atoms with Crippen LogP contribution in [0.1, 0.15) is 0 Å². The van der Waals surface area contributed by atoms with Gasteiger partial charge in [0.1, 0.15) is 22.3 Å². The van der Waals surface area contributed by atoms with Crippen LogP contribution in [0.4, 0.5) is 0 Å². The molecule has 2 nitrogen and oxygen atoms in total. The number of hydrogen-bond donors (Lipinski definition) is 0. The van der Waals surface area contributed by atoms with Crippen molar-refractivity contribution < 1.29 is 8.83 Å². The normalized spacial score (nSPS) is 12.1. The summed E-state index contributed by atoms with van der Waals surface area (Å²) in [6, 6.07) is 52.0. The van der Waals surface area contributed by atoms with Crippen LogP contribution in [0.3, 0.4) is 0 Å². The number of benzene rings is 8. The zero-order valence-corrected chi connectivity index (χ0v) is 23.7. The van der Waals surface area contributed by atoms with Gasteiger partial charge >= 0.3 is 0 Å². The molecule has 0 saturated heterocycles. The molecule has 204 valence electrons. The van der Waals surface area contributed by atoms with E-state index in [1.54, 1.807) is 0 Å². The van der Waals surface area contributed by atoms with Gasteiger partial charge in [0.15, 0.2) is 0 Å². The molecule has 2 heteroatoms. The fourth-order valence-electron chi connectivity index (χ4n) is 7.33. The second-order valence-corrected chi connectivity index (χ2v) is 11.6. The monoisotopic (exact) mass is 560 g/mol. The third kappa shape index (κ3) is 3.25. The van der Waals surface area contributed by atoms with E-state index in [9.17, 15) is 0 Å². The van der Waals surface area contributed by atoms with Gasteiger partial charge in [0.05, 0.1) is 0 Å². The average molecular weight is 561 g/mol. The molecule has 0 aliphatic heterocycles. The molecule has 0 radical (unpaired) electrons. The molecular weight excluding hydrogens is 536 g/mol. The number of fused-ring (bicyclic) bond motifs is 10. The second kappa shape index (κ2) is 8.82. The van der Waals surface area contributed by atoms with Gasteiger partial charge < -0.3 is 8.83 Å². The molecule has 0 unspecified atom stereocenters. The first-order chi connectivity index (χ1) is 21.8. The Morgan fingerprint density at radius 3 is 1.41 bits per heavy atom. The average Bonchev–Trinajstić information content (AvgIpc) is 3.64. The first-order valence-electron chi connectivity index (χ1n) is 15.0. The summed E-state index contributed by atoms with van der Waals surface area (Å²) in [5.41, 5.74) is 8.42. The van der Waals surface area contributed by atoms with Crippen LogP contribution < -0.4 is 0 Å². The van der Waals surface area contributed by atoms with E-state index in [1.807, 2.05) is 24.3 Å². The zero-order valence-electron chi connectivity index (χ0n) is 23.7. The van der Waals surface area contributed by atoms with Gasteiger partial charge in [0.25, 0.3) is 0 Å². The molecule has 10 rings (SSSR count). The number of rotatable bonds is 2. The molecule has 0 aliphatic rings. The van der Waals surface area contributed by atoms with E-state index in [2.05, 4.69) is 121 Å². The molecule has 0 N–H and O–H groups in total. The van der Waals surface area contributed by atoms with Crippen molar-refractivity contribution in [3.05, 3.63) is 146 Å². The summed E-state index contributed by atoms with van der Waals surface area (Å²) in [7, 11) is 0. The van der Waals surface area contributed by atoms with Gasteiger partial charge in [-0.15, -0.1) is 0 Å². The SMILES string of the molecule is c1ccc2cc(-c3c4ccccc4c(-c4ccc5oc6ccc7oc8ccccc8c7c6c5c4)c4ccccc34)ccc2c1. The van der Waals surface area contributed by atoms with Crippen molar-refractivity contribution in [3.63, 3.8) is 0 Å². The van der Waals surface area contributed by atoms with Crippen molar-refractivity contribution in [1.82, 2.24) is 0 Å².